The molecule has 166 valence electrons. The normalized spacial score (nSPS) is 11.4. The maximum absolute atomic E-state index is 12.8. The fraction of sp³-hybridized carbons (Fsp3) is 0.217. The summed E-state index contributed by atoms with van der Waals surface area (Å²) in [6, 6.07) is 17.9. The SMILES string of the molecule is Cc1cc(NC(=O)CSCC(=O)Nc2ccccc2C(=O)N[C@@H](C)c2ccccc2)no1. The van der Waals surface area contributed by atoms with Crippen molar-refractivity contribution in [2.75, 3.05) is 22.1 Å². The predicted octanol–water partition coefficient (Wildman–Crippen LogP) is 3.78. The number of carbonyl (C=O) groups excluding carboxylic acids is 3. The Morgan fingerprint density at radius 1 is 0.969 bits per heavy atom. The van der Waals surface area contributed by atoms with Crippen LogP contribution < -0.4 is 16.0 Å². The zero-order chi connectivity index (χ0) is 22.9. The second-order valence-electron chi connectivity index (χ2n) is 7.06. The number of aryl methyl sites for hydroxylation is 1. The maximum Gasteiger partial charge on any atom is 0.253 e. The summed E-state index contributed by atoms with van der Waals surface area (Å²) in [6.07, 6.45) is 0. The number of para-hydroxylation sites is 1. The lowest BCUT2D eigenvalue weighted by atomic mass is 10.1. The molecule has 1 heterocycles. The molecule has 0 saturated carbocycles. The van der Waals surface area contributed by atoms with E-state index in [9.17, 15) is 14.4 Å². The molecule has 9 heteroatoms. The molecule has 0 bridgehead atoms. The largest absolute Gasteiger partial charge is 0.360 e. The van der Waals surface area contributed by atoms with Crippen molar-refractivity contribution in [1.82, 2.24) is 10.5 Å². The minimum Gasteiger partial charge on any atom is -0.360 e. The van der Waals surface area contributed by atoms with Crippen molar-refractivity contribution in [2.45, 2.75) is 19.9 Å². The molecule has 3 rings (SSSR count). The highest BCUT2D eigenvalue weighted by atomic mass is 32.2. The summed E-state index contributed by atoms with van der Waals surface area (Å²) in [6.45, 7) is 3.62. The van der Waals surface area contributed by atoms with Crippen LogP contribution in [0.5, 0.6) is 0 Å². The highest BCUT2D eigenvalue weighted by Gasteiger charge is 2.16. The number of amides is 3. The summed E-state index contributed by atoms with van der Waals surface area (Å²) < 4.78 is 4.89. The van der Waals surface area contributed by atoms with E-state index in [0.717, 1.165) is 17.3 Å². The van der Waals surface area contributed by atoms with E-state index in [1.54, 1.807) is 37.3 Å². The van der Waals surface area contributed by atoms with E-state index in [-0.39, 0.29) is 35.3 Å². The van der Waals surface area contributed by atoms with Gasteiger partial charge in [0, 0.05) is 6.07 Å². The van der Waals surface area contributed by atoms with Gasteiger partial charge in [0.15, 0.2) is 5.82 Å². The van der Waals surface area contributed by atoms with Crippen LogP contribution in [0, 0.1) is 6.92 Å². The molecule has 1 aromatic heterocycles. The van der Waals surface area contributed by atoms with Gasteiger partial charge >= 0.3 is 0 Å². The van der Waals surface area contributed by atoms with Crippen molar-refractivity contribution >= 4 is 41.0 Å². The summed E-state index contributed by atoms with van der Waals surface area (Å²) in [7, 11) is 0. The number of carbonyl (C=O) groups is 3. The quantitative estimate of drug-likeness (QED) is 0.455. The maximum atomic E-state index is 12.8. The van der Waals surface area contributed by atoms with E-state index < -0.39 is 0 Å². The smallest absolute Gasteiger partial charge is 0.253 e. The number of nitrogens with zero attached hydrogens (tertiary/aromatic N) is 1. The van der Waals surface area contributed by atoms with Gasteiger partial charge in [-0.15, -0.1) is 11.8 Å². The van der Waals surface area contributed by atoms with E-state index >= 15 is 0 Å². The van der Waals surface area contributed by atoms with Crippen LogP contribution in [-0.4, -0.2) is 34.4 Å². The average Bonchev–Trinajstić information content (AvgIpc) is 3.19. The second-order valence-corrected chi connectivity index (χ2v) is 8.05. The molecular weight excluding hydrogens is 428 g/mol. The zero-order valence-electron chi connectivity index (χ0n) is 17.8. The molecule has 3 N–H and O–H groups in total. The number of anilines is 2. The van der Waals surface area contributed by atoms with Gasteiger partial charge in [0.2, 0.25) is 11.8 Å². The average molecular weight is 453 g/mol. The minimum atomic E-state index is -0.309. The Morgan fingerprint density at radius 3 is 2.31 bits per heavy atom. The zero-order valence-corrected chi connectivity index (χ0v) is 18.6. The standard InChI is InChI=1S/C23H24N4O4S/c1-15-12-20(27-31-15)26-22(29)14-32-13-21(28)25-19-11-7-6-10-18(19)23(30)24-16(2)17-8-4-3-5-9-17/h3-12,16H,13-14H2,1-2H3,(H,24,30)(H,25,28)(H,26,27,29)/t16-/m0/s1. The number of hydrogen-bond donors (Lipinski definition) is 3. The Balaban J connectivity index is 1.50. The Hall–Kier alpha value is -3.59. The van der Waals surface area contributed by atoms with Crippen LogP contribution >= 0.6 is 11.8 Å². The molecule has 0 aliphatic heterocycles. The second kappa shape index (κ2) is 11.1. The third-order valence-electron chi connectivity index (χ3n) is 4.45. The van der Waals surface area contributed by atoms with Crippen LogP contribution in [-0.2, 0) is 9.59 Å². The summed E-state index contributed by atoms with van der Waals surface area (Å²) in [4.78, 5) is 37.1. The third kappa shape index (κ3) is 6.71. The Labute approximate surface area is 190 Å². The summed E-state index contributed by atoms with van der Waals surface area (Å²) >= 11 is 1.15. The van der Waals surface area contributed by atoms with E-state index in [2.05, 4.69) is 21.1 Å². The van der Waals surface area contributed by atoms with Gasteiger partial charge in [0.1, 0.15) is 5.76 Å². The fourth-order valence-corrected chi connectivity index (χ4v) is 3.53. The minimum absolute atomic E-state index is 0.0572. The van der Waals surface area contributed by atoms with Crippen molar-refractivity contribution < 1.29 is 18.9 Å². The van der Waals surface area contributed by atoms with E-state index in [1.807, 2.05) is 37.3 Å². The molecule has 0 aliphatic carbocycles. The van der Waals surface area contributed by atoms with Gasteiger partial charge in [0.05, 0.1) is 28.8 Å². The van der Waals surface area contributed by atoms with Gasteiger partial charge in [-0.1, -0.05) is 47.6 Å². The fourth-order valence-electron chi connectivity index (χ4n) is 2.92. The summed E-state index contributed by atoms with van der Waals surface area (Å²) in [5.74, 6) is 0.183. The van der Waals surface area contributed by atoms with E-state index in [1.165, 1.54) is 0 Å². The molecule has 3 amide bonds. The highest BCUT2D eigenvalue weighted by molar-refractivity contribution is 8.00. The van der Waals surface area contributed by atoms with Crippen molar-refractivity contribution in [1.29, 1.82) is 0 Å². The topological polar surface area (TPSA) is 113 Å². The van der Waals surface area contributed by atoms with E-state index in [4.69, 9.17) is 4.52 Å². The monoisotopic (exact) mass is 452 g/mol. The molecular formula is C23H24N4O4S. The van der Waals surface area contributed by atoms with Crippen LogP contribution in [0.2, 0.25) is 0 Å². The number of thioether (sulfide) groups is 1. The summed E-state index contributed by atoms with van der Waals surface area (Å²) in [5, 5.41) is 12.0. The van der Waals surface area contributed by atoms with Crippen LogP contribution in [0.3, 0.4) is 0 Å². The van der Waals surface area contributed by atoms with Crippen LogP contribution in [0.4, 0.5) is 11.5 Å². The van der Waals surface area contributed by atoms with Gasteiger partial charge in [-0.2, -0.15) is 0 Å². The van der Waals surface area contributed by atoms with Crippen molar-refractivity contribution in [3.63, 3.8) is 0 Å². The Kier molecular flexibility index (Phi) is 8.04. The van der Waals surface area contributed by atoms with E-state index in [0.29, 0.717) is 22.8 Å². The van der Waals surface area contributed by atoms with Crippen molar-refractivity contribution in [3.8, 4) is 0 Å². The van der Waals surface area contributed by atoms with Gasteiger partial charge in [-0.05, 0) is 31.5 Å². The number of rotatable bonds is 9. The lowest BCUT2D eigenvalue weighted by Crippen LogP contribution is -2.28. The lowest BCUT2D eigenvalue weighted by Gasteiger charge is -2.16. The van der Waals surface area contributed by atoms with Gasteiger partial charge < -0.3 is 20.5 Å². The van der Waals surface area contributed by atoms with Crippen LogP contribution in [0.15, 0.2) is 65.2 Å². The molecule has 32 heavy (non-hydrogen) atoms. The van der Waals surface area contributed by atoms with Gasteiger partial charge in [0.25, 0.3) is 5.91 Å². The first kappa shape index (κ1) is 23.1. The lowest BCUT2D eigenvalue weighted by molar-refractivity contribution is -0.114. The molecule has 0 aliphatic rings. The molecule has 0 fully saturated rings. The number of nitrogens with one attached hydrogen (secondary N) is 3. The molecule has 0 saturated heterocycles. The molecule has 0 unspecified atom stereocenters. The highest BCUT2D eigenvalue weighted by Crippen LogP contribution is 2.18. The molecule has 0 radical (unpaired) electrons. The predicted molar refractivity (Wildman–Crippen MR) is 125 cm³/mol. The van der Waals surface area contributed by atoms with Gasteiger partial charge in [-0.3, -0.25) is 14.4 Å². The molecule has 3 aromatic rings. The number of aromatic nitrogens is 1. The molecule has 1 atom stereocenters. The number of benzene rings is 2. The molecule has 0 spiro atoms. The number of hydrogen-bond acceptors (Lipinski definition) is 6. The first-order valence-electron chi connectivity index (χ1n) is 9.98. The van der Waals surface area contributed by atoms with Crippen LogP contribution in [0.1, 0.15) is 34.6 Å². The first-order valence-corrected chi connectivity index (χ1v) is 11.1. The van der Waals surface area contributed by atoms with Crippen molar-refractivity contribution in [3.05, 3.63) is 77.6 Å². The molecule has 2 aromatic carbocycles. The van der Waals surface area contributed by atoms with Gasteiger partial charge in [-0.25, -0.2) is 0 Å². The Morgan fingerprint density at radius 2 is 1.62 bits per heavy atom. The molecule has 8 nitrogen and oxygen atoms in total. The van der Waals surface area contributed by atoms with Crippen molar-refractivity contribution in [2.24, 2.45) is 0 Å². The summed E-state index contributed by atoms with van der Waals surface area (Å²) in [5.41, 5.74) is 1.77. The first-order chi connectivity index (χ1) is 15.4. The van der Waals surface area contributed by atoms with Crippen LogP contribution in [0.25, 0.3) is 0 Å². The Bertz CT molecular complexity index is 1080. The third-order valence-corrected chi connectivity index (χ3v) is 5.39.